The Bertz CT molecular complexity index is 593. The lowest BCUT2D eigenvalue weighted by Crippen LogP contribution is -2.09. The van der Waals surface area contributed by atoms with E-state index in [1.807, 2.05) is 24.3 Å². The quantitative estimate of drug-likeness (QED) is 0.913. The number of aromatic hydroxyl groups is 1. The topological polar surface area (TPSA) is 41.8 Å². The van der Waals surface area contributed by atoms with Gasteiger partial charge in [0.05, 0.1) is 6.04 Å². The molecule has 96 valence electrons. The monoisotopic (exact) mass is 253 g/mol. The summed E-state index contributed by atoms with van der Waals surface area (Å²) in [7, 11) is 0. The number of ether oxygens (including phenoxy) is 1. The van der Waals surface area contributed by atoms with Gasteiger partial charge in [0.2, 0.25) is 5.90 Å². The molecule has 1 heterocycles. The maximum absolute atomic E-state index is 9.46. The first kappa shape index (κ1) is 11.8. The third kappa shape index (κ3) is 2.76. The Morgan fingerprint density at radius 1 is 1.11 bits per heavy atom. The van der Waals surface area contributed by atoms with Crippen LogP contribution in [0.1, 0.15) is 11.1 Å². The second-order valence-corrected chi connectivity index (χ2v) is 4.64. The Hall–Kier alpha value is -2.29. The van der Waals surface area contributed by atoms with Gasteiger partial charge in [-0.05, 0) is 30.2 Å². The van der Waals surface area contributed by atoms with Crippen molar-refractivity contribution in [2.75, 3.05) is 6.61 Å². The fourth-order valence-electron chi connectivity index (χ4n) is 2.20. The van der Waals surface area contributed by atoms with Crippen molar-refractivity contribution in [2.24, 2.45) is 4.99 Å². The average molecular weight is 253 g/mol. The average Bonchev–Trinajstić information content (AvgIpc) is 2.88. The standard InChI is InChI=1S/C16H15NO2/c18-15-8-4-7-13(10-15)16-17-14(11-19-16)9-12-5-2-1-3-6-12/h1-8,10,14,18H,9,11H2. The Morgan fingerprint density at radius 2 is 1.95 bits per heavy atom. The summed E-state index contributed by atoms with van der Waals surface area (Å²) in [4.78, 5) is 4.58. The van der Waals surface area contributed by atoms with Crippen LogP contribution in [0, 0.1) is 0 Å². The third-order valence-electron chi connectivity index (χ3n) is 3.12. The molecule has 0 aliphatic carbocycles. The van der Waals surface area contributed by atoms with E-state index in [1.165, 1.54) is 5.56 Å². The van der Waals surface area contributed by atoms with Gasteiger partial charge in [0.25, 0.3) is 0 Å². The van der Waals surface area contributed by atoms with E-state index in [-0.39, 0.29) is 11.8 Å². The largest absolute Gasteiger partial charge is 0.508 e. The molecule has 3 rings (SSSR count). The van der Waals surface area contributed by atoms with Crippen LogP contribution >= 0.6 is 0 Å². The van der Waals surface area contributed by atoms with Crippen molar-refractivity contribution in [2.45, 2.75) is 12.5 Å². The van der Waals surface area contributed by atoms with E-state index in [0.29, 0.717) is 12.5 Å². The summed E-state index contributed by atoms with van der Waals surface area (Å²) in [5.41, 5.74) is 2.09. The van der Waals surface area contributed by atoms with Crippen LogP contribution < -0.4 is 0 Å². The van der Waals surface area contributed by atoms with Crippen LogP contribution in [0.3, 0.4) is 0 Å². The molecule has 3 heteroatoms. The number of phenolic OH excluding ortho intramolecular Hbond substituents is 1. The molecule has 0 bridgehead atoms. The van der Waals surface area contributed by atoms with Crippen molar-refractivity contribution in [3.63, 3.8) is 0 Å². The molecule has 0 spiro atoms. The number of phenols is 1. The van der Waals surface area contributed by atoms with Gasteiger partial charge in [0.15, 0.2) is 0 Å². The predicted molar refractivity (Wildman–Crippen MR) is 74.5 cm³/mol. The minimum Gasteiger partial charge on any atom is -0.508 e. The summed E-state index contributed by atoms with van der Waals surface area (Å²) in [6.07, 6.45) is 0.878. The van der Waals surface area contributed by atoms with E-state index < -0.39 is 0 Å². The number of hydrogen-bond acceptors (Lipinski definition) is 3. The zero-order valence-electron chi connectivity index (χ0n) is 10.5. The predicted octanol–water partition coefficient (Wildman–Crippen LogP) is 2.78. The van der Waals surface area contributed by atoms with E-state index >= 15 is 0 Å². The molecule has 1 aliphatic rings. The Labute approximate surface area is 112 Å². The molecule has 0 aromatic heterocycles. The number of benzene rings is 2. The van der Waals surface area contributed by atoms with Crippen molar-refractivity contribution < 1.29 is 9.84 Å². The molecule has 2 aromatic rings. The summed E-state index contributed by atoms with van der Waals surface area (Å²) in [5.74, 6) is 0.854. The van der Waals surface area contributed by atoms with Gasteiger partial charge in [0.1, 0.15) is 12.4 Å². The first-order valence-electron chi connectivity index (χ1n) is 6.35. The Morgan fingerprint density at radius 3 is 2.74 bits per heavy atom. The van der Waals surface area contributed by atoms with E-state index in [9.17, 15) is 5.11 Å². The molecule has 0 amide bonds. The molecule has 1 aliphatic heterocycles. The van der Waals surface area contributed by atoms with Crippen LogP contribution in [0.2, 0.25) is 0 Å². The first-order valence-corrected chi connectivity index (χ1v) is 6.35. The summed E-state index contributed by atoms with van der Waals surface area (Å²) >= 11 is 0. The maximum atomic E-state index is 9.46. The molecule has 1 atom stereocenters. The van der Waals surface area contributed by atoms with Crippen molar-refractivity contribution in [1.29, 1.82) is 0 Å². The van der Waals surface area contributed by atoms with Gasteiger partial charge in [-0.2, -0.15) is 0 Å². The first-order chi connectivity index (χ1) is 9.31. The van der Waals surface area contributed by atoms with E-state index in [2.05, 4.69) is 17.1 Å². The summed E-state index contributed by atoms with van der Waals surface area (Å²) in [6, 6.07) is 17.4. The van der Waals surface area contributed by atoms with Crippen molar-refractivity contribution in [3.8, 4) is 5.75 Å². The van der Waals surface area contributed by atoms with Crippen LogP contribution in [-0.2, 0) is 11.2 Å². The van der Waals surface area contributed by atoms with Gasteiger partial charge in [-0.25, -0.2) is 4.99 Å². The second-order valence-electron chi connectivity index (χ2n) is 4.64. The molecule has 1 unspecified atom stereocenters. The van der Waals surface area contributed by atoms with Gasteiger partial charge < -0.3 is 9.84 Å². The molecule has 0 radical (unpaired) electrons. The fourth-order valence-corrected chi connectivity index (χ4v) is 2.20. The van der Waals surface area contributed by atoms with E-state index in [4.69, 9.17) is 4.74 Å². The van der Waals surface area contributed by atoms with Crippen LogP contribution in [0.4, 0.5) is 0 Å². The lowest BCUT2D eigenvalue weighted by molar-refractivity contribution is 0.317. The highest BCUT2D eigenvalue weighted by molar-refractivity contribution is 5.95. The zero-order valence-corrected chi connectivity index (χ0v) is 10.5. The van der Waals surface area contributed by atoms with Crippen molar-refractivity contribution in [3.05, 3.63) is 65.7 Å². The normalized spacial score (nSPS) is 17.9. The van der Waals surface area contributed by atoms with Crippen molar-refractivity contribution in [1.82, 2.24) is 0 Å². The molecule has 0 saturated heterocycles. The number of hydrogen-bond donors (Lipinski definition) is 1. The van der Waals surface area contributed by atoms with E-state index in [1.54, 1.807) is 18.2 Å². The Balaban J connectivity index is 1.74. The highest BCUT2D eigenvalue weighted by Gasteiger charge is 2.20. The number of nitrogens with zero attached hydrogens (tertiary/aromatic N) is 1. The van der Waals surface area contributed by atoms with Crippen LogP contribution in [0.5, 0.6) is 5.75 Å². The molecule has 3 nitrogen and oxygen atoms in total. The highest BCUT2D eigenvalue weighted by Crippen LogP contribution is 2.18. The molecule has 0 saturated carbocycles. The van der Waals surface area contributed by atoms with Crippen LogP contribution in [0.25, 0.3) is 0 Å². The third-order valence-corrected chi connectivity index (χ3v) is 3.12. The molecule has 2 aromatic carbocycles. The minimum atomic E-state index is 0.153. The summed E-state index contributed by atoms with van der Waals surface area (Å²) in [5, 5.41) is 9.46. The van der Waals surface area contributed by atoms with Gasteiger partial charge in [-0.15, -0.1) is 0 Å². The molecular formula is C16H15NO2. The lowest BCUT2D eigenvalue weighted by atomic mass is 10.1. The smallest absolute Gasteiger partial charge is 0.216 e. The summed E-state index contributed by atoms with van der Waals surface area (Å²) < 4.78 is 5.62. The second kappa shape index (κ2) is 5.14. The van der Waals surface area contributed by atoms with Gasteiger partial charge in [-0.3, -0.25) is 0 Å². The minimum absolute atomic E-state index is 0.153. The number of aliphatic imine (C=N–C) groups is 1. The van der Waals surface area contributed by atoms with Gasteiger partial charge in [0, 0.05) is 5.56 Å². The molecule has 1 N–H and O–H groups in total. The molecular weight excluding hydrogens is 238 g/mol. The molecule has 0 fully saturated rings. The van der Waals surface area contributed by atoms with Crippen LogP contribution in [-0.4, -0.2) is 23.7 Å². The lowest BCUT2D eigenvalue weighted by Gasteiger charge is -2.04. The van der Waals surface area contributed by atoms with E-state index in [0.717, 1.165) is 12.0 Å². The summed E-state index contributed by atoms with van der Waals surface area (Å²) in [6.45, 7) is 0.597. The molecule has 19 heavy (non-hydrogen) atoms. The fraction of sp³-hybridized carbons (Fsp3) is 0.188. The van der Waals surface area contributed by atoms with Gasteiger partial charge in [-0.1, -0.05) is 36.4 Å². The van der Waals surface area contributed by atoms with Crippen LogP contribution in [0.15, 0.2) is 59.6 Å². The van der Waals surface area contributed by atoms with Gasteiger partial charge >= 0.3 is 0 Å². The number of rotatable bonds is 3. The highest BCUT2D eigenvalue weighted by atomic mass is 16.5. The zero-order chi connectivity index (χ0) is 13.1. The Kier molecular flexibility index (Phi) is 3.19. The maximum Gasteiger partial charge on any atom is 0.216 e. The SMILES string of the molecule is Oc1cccc(C2=NC(Cc3ccccc3)CO2)c1. The van der Waals surface area contributed by atoms with Crippen molar-refractivity contribution >= 4 is 5.90 Å².